The van der Waals surface area contributed by atoms with Crippen LogP contribution < -0.4 is 4.74 Å². The molecule has 1 heterocycles. The molecule has 1 aromatic heterocycles. The zero-order chi connectivity index (χ0) is 16.7. The Hall–Kier alpha value is -2.69. The summed E-state index contributed by atoms with van der Waals surface area (Å²) >= 11 is 0. The van der Waals surface area contributed by atoms with Gasteiger partial charge in [-0.1, -0.05) is 38.1 Å². The number of benzene rings is 1. The largest absolute Gasteiger partial charge is 0.444 e. The highest BCUT2D eigenvalue weighted by Gasteiger charge is 2.28. The van der Waals surface area contributed by atoms with E-state index in [-0.39, 0.29) is 12.3 Å². The predicted molar refractivity (Wildman–Crippen MR) is 84.6 cm³/mol. The molecule has 0 spiro atoms. The molecule has 0 bridgehead atoms. The fraction of sp³-hybridized carbons (Fsp3) is 0.278. The van der Waals surface area contributed by atoms with E-state index in [1.54, 1.807) is 42.5 Å². The van der Waals surface area contributed by atoms with Gasteiger partial charge in [-0.3, -0.25) is 9.78 Å². The molecular formula is C18H19NO4. The predicted octanol–water partition coefficient (Wildman–Crippen LogP) is 3.32. The molecule has 2 rings (SSSR count). The summed E-state index contributed by atoms with van der Waals surface area (Å²) in [5.41, 5.74) is 0.338. The number of aromatic nitrogens is 1. The van der Waals surface area contributed by atoms with Crippen molar-refractivity contribution in [1.29, 1.82) is 0 Å². The summed E-state index contributed by atoms with van der Waals surface area (Å²) in [6, 6.07) is 13.7. The summed E-state index contributed by atoms with van der Waals surface area (Å²) in [5, 5.41) is 0. The fourth-order valence-corrected chi connectivity index (χ4v) is 1.93. The molecule has 23 heavy (non-hydrogen) atoms. The maximum absolute atomic E-state index is 12.4. The lowest BCUT2D eigenvalue weighted by Crippen LogP contribution is -2.25. The Kier molecular flexibility index (Phi) is 5.86. The van der Waals surface area contributed by atoms with E-state index in [9.17, 15) is 9.59 Å². The van der Waals surface area contributed by atoms with Gasteiger partial charge in [0, 0.05) is 12.6 Å². The van der Waals surface area contributed by atoms with Crippen LogP contribution in [0, 0.1) is 5.92 Å². The molecule has 120 valence electrons. The van der Waals surface area contributed by atoms with Crippen LogP contribution in [0.5, 0.6) is 5.75 Å². The molecule has 0 amide bonds. The van der Waals surface area contributed by atoms with Crippen molar-refractivity contribution in [1.82, 2.24) is 4.98 Å². The molecule has 5 nitrogen and oxygen atoms in total. The van der Waals surface area contributed by atoms with E-state index >= 15 is 0 Å². The van der Waals surface area contributed by atoms with E-state index in [1.165, 1.54) is 6.20 Å². The highest BCUT2D eigenvalue weighted by atomic mass is 16.6. The van der Waals surface area contributed by atoms with Crippen LogP contribution in [0.3, 0.4) is 0 Å². The number of ether oxygens (including phenoxy) is 2. The molecular weight excluding hydrogens is 294 g/mol. The molecule has 0 radical (unpaired) electrons. The average molecular weight is 313 g/mol. The van der Waals surface area contributed by atoms with Gasteiger partial charge in [-0.25, -0.2) is 4.79 Å². The van der Waals surface area contributed by atoms with Gasteiger partial charge in [-0.2, -0.15) is 0 Å². The third-order valence-electron chi connectivity index (χ3n) is 2.96. The number of carbonyl (C=O) groups is 2. The Bertz CT molecular complexity index is 641. The normalized spacial score (nSPS) is 11.8. The van der Waals surface area contributed by atoms with Crippen LogP contribution in [0.4, 0.5) is 0 Å². The van der Waals surface area contributed by atoms with Gasteiger partial charge in [0.2, 0.25) is 6.10 Å². The number of nitrogens with zero attached hydrogens (tertiary/aromatic N) is 1. The van der Waals surface area contributed by atoms with Crippen LogP contribution in [0.1, 0.15) is 32.1 Å². The third-order valence-corrected chi connectivity index (χ3v) is 2.96. The number of rotatable bonds is 6. The molecule has 1 atom stereocenters. The second-order valence-electron chi connectivity index (χ2n) is 5.46. The SMILES string of the molecule is CC(C)CC(=O)OC(C(=O)Oc1ccccc1)c1ccccn1. The highest BCUT2D eigenvalue weighted by molar-refractivity contribution is 5.82. The van der Waals surface area contributed by atoms with Crippen molar-refractivity contribution in [2.45, 2.75) is 26.4 Å². The Morgan fingerprint density at radius 2 is 1.74 bits per heavy atom. The Morgan fingerprint density at radius 3 is 2.35 bits per heavy atom. The lowest BCUT2D eigenvalue weighted by Gasteiger charge is -2.17. The number of carbonyl (C=O) groups excluding carboxylic acids is 2. The van der Waals surface area contributed by atoms with Crippen LogP contribution in [-0.4, -0.2) is 16.9 Å². The first-order valence-corrected chi connectivity index (χ1v) is 7.43. The number of hydrogen-bond acceptors (Lipinski definition) is 5. The minimum atomic E-state index is -1.18. The maximum Gasteiger partial charge on any atom is 0.359 e. The van der Waals surface area contributed by atoms with Gasteiger partial charge < -0.3 is 9.47 Å². The van der Waals surface area contributed by atoms with Gasteiger partial charge in [-0.15, -0.1) is 0 Å². The van der Waals surface area contributed by atoms with Gasteiger partial charge in [0.1, 0.15) is 5.75 Å². The van der Waals surface area contributed by atoms with Crippen molar-refractivity contribution in [2.75, 3.05) is 0 Å². The molecule has 0 aliphatic heterocycles. The standard InChI is InChI=1S/C18H19NO4/c1-13(2)12-16(20)23-17(15-10-6-7-11-19-15)18(21)22-14-8-4-3-5-9-14/h3-11,13,17H,12H2,1-2H3. The molecule has 1 aromatic carbocycles. The van der Waals surface area contributed by atoms with Crippen molar-refractivity contribution in [3.05, 3.63) is 60.4 Å². The van der Waals surface area contributed by atoms with E-state index in [0.717, 1.165) is 0 Å². The minimum Gasteiger partial charge on any atom is -0.444 e. The third kappa shape index (κ3) is 5.21. The quantitative estimate of drug-likeness (QED) is 0.604. The average Bonchev–Trinajstić information content (AvgIpc) is 2.53. The van der Waals surface area contributed by atoms with E-state index < -0.39 is 18.0 Å². The molecule has 2 aromatic rings. The zero-order valence-corrected chi connectivity index (χ0v) is 13.1. The van der Waals surface area contributed by atoms with E-state index in [0.29, 0.717) is 11.4 Å². The first-order chi connectivity index (χ1) is 11.1. The second kappa shape index (κ2) is 8.08. The van der Waals surface area contributed by atoms with Gasteiger partial charge in [0.15, 0.2) is 0 Å². The molecule has 0 fully saturated rings. The first kappa shape index (κ1) is 16.7. The van der Waals surface area contributed by atoms with Crippen molar-refractivity contribution in [2.24, 2.45) is 5.92 Å². The summed E-state index contributed by atoms with van der Waals surface area (Å²) in [4.78, 5) is 28.4. The molecule has 1 unspecified atom stereocenters. The van der Waals surface area contributed by atoms with Crippen molar-refractivity contribution >= 4 is 11.9 Å². The molecule has 5 heteroatoms. The number of pyridine rings is 1. The molecule has 0 N–H and O–H groups in total. The van der Waals surface area contributed by atoms with Crippen LogP contribution >= 0.6 is 0 Å². The molecule has 0 aliphatic carbocycles. The van der Waals surface area contributed by atoms with Crippen LogP contribution in [0.2, 0.25) is 0 Å². The fourth-order valence-electron chi connectivity index (χ4n) is 1.93. The highest BCUT2D eigenvalue weighted by Crippen LogP contribution is 2.20. The van der Waals surface area contributed by atoms with Gasteiger partial charge in [0.05, 0.1) is 5.69 Å². The molecule has 0 saturated carbocycles. The Balaban J connectivity index is 2.16. The zero-order valence-electron chi connectivity index (χ0n) is 13.1. The van der Waals surface area contributed by atoms with Crippen LogP contribution in [0.25, 0.3) is 0 Å². The number of esters is 2. The van der Waals surface area contributed by atoms with Crippen molar-refractivity contribution < 1.29 is 19.1 Å². The van der Waals surface area contributed by atoms with Crippen LogP contribution in [-0.2, 0) is 14.3 Å². The topological polar surface area (TPSA) is 65.5 Å². The van der Waals surface area contributed by atoms with E-state index in [4.69, 9.17) is 9.47 Å². The van der Waals surface area contributed by atoms with Gasteiger partial charge in [0.25, 0.3) is 0 Å². The summed E-state index contributed by atoms with van der Waals surface area (Å²) in [7, 11) is 0. The summed E-state index contributed by atoms with van der Waals surface area (Å²) in [6.07, 6.45) is 0.582. The second-order valence-corrected chi connectivity index (χ2v) is 5.46. The number of hydrogen-bond donors (Lipinski definition) is 0. The van der Waals surface area contributed by atoms with Crippen molar-refractivity contribution in [3.8, 4) is 5.75 Å². The number of para-hydroxylation sites is 1. The molecule has 0 saturated heterocycles. The smallest absolute Gasteiger partial charge is 0.359 e. The van der Waals surface area contributed by atoms with E-state index in [2.05, 4.69) is 4.98 Å². The Morgan fingerprint density at radius 1 is 1.04 bits per heavy atom. The summed E-state index contributed by atoms with van der Waals surface area (Å²) < 4.78 is 10.6. The summed E-state index contributed by atoms with van der Waals surface area (Å²) in [6.45, 7) is 3.80. The lowest BCUT2D eigenvalue weighted by atomic mass is 10.1. The lowest BCUT2D eigenvalue weighted by molar-refractivity contribution is -0.163. The van der Waals surface area contributed by atoms with Crippen molar-refractivity contribution in [3.63, 3.8) is 0 Å². The monoisotopic (exact) mass is 313 g/mol. The Labute approximate surface area is 135 Å². The molecule has 0 aliphatic rings. The van der Waals surface area contributed by atoms with Crippen LogP contribution in [0.15, 0.2) is 54.7 Å². The van der Waals surface area contributed by atoms with Gasteiger partial charge in [-0.05, 0) is 30.2 Å². The first-order valence-electron chi connectivity index (χ1n) is 7.43. The summed E-state index contributed by atoms with van der Waals surface area (Å²) in [5.74, 6) is -0.608. The van der Waals surface area contributed by atoms with Gasteiger partial charge >= 0.3 is 11.9 Å². The van der Waals surface area contributed by atoms with E-state index in [1.807, 2.05) is 19.9 Å². The maximum atomic E-state index is 12.4. The minimum absolute atomic E-state index is 0.136.